The van der Waals surface area contributed by atoms with Gasteiger partial charge in [0, 0.05) is 6.42 Å². The van der Waals surface area contributed by atoms with E-state index in [9.17, 15) is 13.2 Å². The Bertz CT molecular complexity index is 1360. The first-order valence-corrected chi connectivity index (χ1v) is 14.1. The van der Waals surface area contributed by atoms with E-state index in [1.54, 1.807) is 19.1 Å². The van der Waals surface area contributed by atoms with Crippen molar-refractivity contribution in [3.8, 4) is 23.2 Å². The van der Waals surface area contributed by atoms with Crippen LogP contribution < -0.4 is 9.46 Å². The molecule has 0 fully saturated rings. The molecule has 1 N–H and O–H groups in total. The van der Waals surface area contributed by atoms with Gasteiger partial charge >= 0.3 is 6.16 Å². The summed E-state index contributed by atoms with van der Waals surface area (Å²) in [4.78, 5) is 16.9. The summed E-state index contributed by atoms with van der Waals surface area (Å²) in [6, 6.07) is 14.0. The number of benzene rings is 2. The lowest BCUT2D eigenvalue weighted by atomic mass is 9.99. The van der Waals surface area contributed by atoms with Gasteiger partial charge in [-0.15, -0.1) is 11.8 Å². The van der Waals surface area contributed by atoms with Crippen molar-refractivity contribution in [1.29, 1.82) is 5.26 Å². The monoisotopic (exact) mass is 528 g/mol. The van der Waals surface area contributed by atoms with E-state index in [1.807, 2.05) is 39.8 Å². The fraction of sp³-hybridized carbons (Fsp3) is 0.320. The summed E-state index contributed by atoms with van der Waals surface area (Å²) >= 11 is 1.38. The Morgan fingerprint density at radius 1 is 1.19 bits per heavy atom. The lowest BCUT2D eigenvalue weighted by Gasteiger charge is -2.16. The molecule has 190 valence electrons. The first kappa shape index (κ1) is 27.1. The number of aromatic nitrogens is 2. The highest BCUT2D eigenvalue weighted by Gasteiger charge is 2.23. The number of unbranched alkanes of at least 4 members (excludes halogenated alkanes) is 1. The number of carbonyl (C=O) groups excluding carboxylic acids is 1. The van der Waals surface area contributed by atoms with E-state index in [1.165, 1.54) is 30.1 Å². The molecule has 11 heteroatoms. The largest absolute Gasteiger partial charge is 0.515 e. The van der Waals surface area contributed by atoms with Gasteiger partial charge in [0.2, 0.25) is 5.88 Å². The molecular formula is C25H28N4O5S2. The van der Waals surface area contributed by atoms with E-state index in [0.717, 1.165) is 29.8 Å². The van der Waals surface area contributed by atoms with Crippen molar-refractivity contribution >= 4 is 27.9 Å². The molecule has 36 heavy (non-hydrogen) atoms. The molecule has 3 aromatic rings. The maximum Gasteiger partial charge on any atom is 0.515 e. The maximum absolute atomic E-state index is 12.4. The molecule has 9 nitrogen and oxygen atoms in total. The second kappa shape index (κ2) is 12.5. The van der Waals surface area contributed by atoms with Gasteiger partial charge in [-0.1, -0.05) is 49.7 Å². The number of thioether (sulfide) groups is 1. The second-order valence-corrected chi connectivity index (χ2v) is 10.2. The highest BCUT2D eigenvalue weighted by Crippen LogP contribution is 2.33. The van der Waals surface area contributed by atoms with Crippen molar-refractivity contribution in [1.82, 2.24) is 14.3 Å². The molecule has 0 atom stereocenters. The normalized spacial score (nSPS) is 11.1. The molecule has 0 unspecified atom stereocenters. The zero-order valence-corrected chi connectivity index (χ0v) is 22.0. The van der Waals surface area contributed by atoms with Crippen molar-refractivity contribution in [3.63, 3.8) is 0 Å². The number of hydrogen-bond acceptors (Lipinski definition) is 8. The van der Waals surface area contributed by atoms with Crippen LogP contribution in [-0.4, -0.2) is 37.0 Å². The molecule has 3 rings (SSSR count). The number of nitrogens with one attached hydrogen (secondary N) is 1. The Morgan fingerprint density at radius 3 is 2.67 bits per heavy atom. The van der Waals surface area contributed by atoms with Gasteiger partial charge in [-0.25, -0.2) is 22.9 Å². The van der Waals surface area contributed by atoms with E-state index in [-0.39, 0.29) is 11.5 Å². The number of aryl methyl sites for hydroxylation is 1. The lowest BCUT2D eigenvalue weighted by molar-refractivity contribution is 0.0998. The van der Waals surface area contributed by atoms with Crippen LogP contribution >= 0.6 is 11.8 Å². The topological polar surface area (TPSA) is 123 Å². The van der Waals surface area contributed by atoms with Gasteiger partial charge in [-0.3, -0.25) is 4.57 Å². The number of imidazole rings is 1. The fourth-order valence-corrected chi connectivity index (χ4v) is 4.97. The summed E-state index contributed by atoms with van der Waals surface area (Å²) in [7, 11) is -3.96. The molecule has 1 aromatic heterocycles. The van der Waals surface area contributed by atoms with Crippen molar-refractivity contribution in [2.45, 2.75) is 49.6 Å². The molecule has 1 heterocycles. The van der Waals surface area contributed by atoms with E-state index < -0.39 is 16.2 Å². The minimum Gasteiger partial charge on any atom is -0.434 e. The number of nitriles is 1. The Labute approximate surface area is 215 Å². The quantitative estimate of drug-likeness (QED) is 0.160. The van der Waals surface area contributed by atoms with Crippen LogP contribution in [0.15, 0.2) is 58.5 Å². The molecule has 2 aromatic carbocycles. The van der Waals surface area contributed by atoms with Gasteiger partial charge in [0.05, 0.1) is 18.0 Å². The van der Waals surface area contributed by atoms with Gasteiger partial charge in [0.25, 0.3) is 10.0 Å². The highest BCUT2D eigenvalue weighted by atomic mass is 32.2. The number of hydrogen-bond donors (Lipinski definition) is 1. The number of nitrogens with zero attached hydrogens (tertiary/aromatic N) is 3. The van der Waals surface area contributed by atoms with Crippen molar-refractivity contribution < 1.29 is 22.7 Å². The van der Waals surface area contributed by atoms with Crippen LogP contribution in [-0.2, 0) is 27.7 Å². The van der Waals surface area contributed by atoms with Gasteiger partial charge < -0.3 is 9.47 Å². The average Bonchev–Trinajstić information content (AvgIpc) is 3.19. The van der Waals surface area contributed by atoms with Gasteiger partial charge in [-0.05, 0) is 48.4 Å². The lowest BCUT2D eigenvalue weighted by Crippen LogP contribution is -2.18. The summed E-state index contributed by atoms with van der Waals surface area (Å²) in [6.45, 7) is 4.33. The van der Waals surface area contributed by atoms with E-state index >= 15 is 0 Å². The minimum atomic E-state index is -3.96. The van der Waals surface area contributed by atoms with Crippen LogP contribution in [0, 0.1) is 11.5 Å². The average molecular weight is 529 g/mol. The van der Waals surface area contributed by atoms with Crippen molar-refractivity contribution in [2.24, 2.45) is 0 Å². The molecule has 0 saturated heterocycles. The molecule has 0 radical (unpaired) electrons. The Hall–Kier alpha value is -3.49. The summed E-state index contributed by atoms with van der Waals surface area (Å²) in [5.74, 6) is 1.10. The molecule has 0 saturated carbocycles. The SMILES string of the molecule is CCCCc1nc(SC)c(OC(=O)OCC)n1Cc1ccccc1-c1cccc(S(=O)(=O)NC#N)c1. The van der Waals surface area contributed by atoms with Crippen LogP contribution in [0.25, 0.3) is 11.1 Å². The third-order valence-electron chi connectivity index (χ3n) is 5.34. The van der Waals surface area contributed by atoms with E-state index in [0.29, 0.717) is 29.4 Å². The summed E-state index contributed by atoms with van der Waals surface area (Å²) < 4.78 is 39.0. The molecule has 0 amide bonds. The molecular weight excluding hydrogens is 500 g/mol. The number of rotatable bonds is 11. The number of carbonyl (C=O) groups is 1. The van der Waals surface area contributed by atoms with Crippen LogP contribution in [0.2, 0.25) is 0 Å². The fourth-order valence-electron chi connectivity index (χ4n) is 3.66. The zero-order valence-electron chi connectivity index (χ0n) is 20.4. The Kier molecular flexibility index (Phi) is 9.38. The number of sulfonamides is 1. The minimum absolute atomic E-state index is 0.0152. The highest BCUT2D eigenvalue weighted by molar-refractivity contribution is 7.98. The van der Waals surface area contributed by atoms with E-state index in [4.69, 9.17) is 19.7 Å². The van der Waals surface area contributed by atoms with Crippen LogP contribution in [0.3, 0.4) is 0 Å². The summed E-state index contributed by atoms with van der Waals surface area (Å²) in [5, 5.41) is 9.38. The third kappa shape index (κ3) is 6.38. The van der Waals surface area contributed by atoms with Gasteiger partial charge in [0.15, 0.2) is 11.2 Å². The third-order valence-corrected chi connectivity index (χ3v) is 7.23. The number of ether oxygens (including phenoxy) is 2. The maximum atomic E-state index is 12.4. The Balaban J connectivity index is 2.09. The predicted molar refractivity (Wildman–Crippen MR) is 137 cm³/mol. The first-order chi connectivity index (χ1) is 17.3. The molecule has 0 aliphatic carbocycles. The van der Waals surface area contributed by atoms with Gasteiger partial charge in [-0.2, -0.15) is 5.26 Å². The molecule has 0 aliphatic heterocycles. The van der Waals surface area contributed by atoms with Gasteiger partial charge in [0.1, 0.15) is 5.82 Å². The Morgan fingerprint density at radius 2 is 1.97 bits per heavy atom. The zero-order chi connectivity index (χ0) is 26.1. The summed E-state index contributed by atoms with van der Waals surface area (Å²) in [6.07, 6.45) is 5.13. The molecule has 0 spiro atoms. The smallest absolute Gasteiger partial charge is 0.434 e. The first-order valence-electron chi connectivity index (χ1n) is 11.4. The van der Waals surface area contributed by atoms with Crippen LogP contribution in [0.1, 0.15) is 38.1 Å². The van der Waals surface area contributed by atoms with Crippen molar-refractivity contribution in [3.05, 3.63) is 59.9 Å². The second-order valence-electron chi connectivity index (χ2n) is 7.72. The summed E-state index contributed by atoms with van der Waals surface area (Å²) in [5.41, 5.74) is 2.34. The van der Waals surface area contributed by atoms with E-state index in [2.05, 4.69) is 6.92 Å². The van der Waals surface area contributed by atoms with Crippen molar-refractivity contribution in [2.75, 3.05) is 12.9 Å². The predicted octanol–water partition coefficient (Wildman–Crippen LogP) is 4.96. The molecule has 0 bridgehead atoms. The van der Waals surface area contributed by atoms with Crippen LogP contribution in [0.5, 0.6) is 5.88 Å². The molecule has 0 aliphatic rings. The standard InChI is InChI=1S/C25H28N4O5S2/c1-4-6-14-22-28-23(35-3)24(34-25(30)33-5-2)29(22)16-19-10-7-8-13-21(19)18-11-9-12-20(15-18)36(31,32)27-17-26/h7-13,15,27H,4-6,14,16H2,1-3H3. The van der Waals surface area contributed by atoms with Crippen LogP contribution in [0.4, 0.5) is 4.79 Å².